The molecule has 3 aromatic rings. The summed E-state index contributed by atoms with van der Waals surface area (Å²) in [6.45, 7) is 0.205. The van der Waals surface area contributed by atoms with Crippen LogP contribution < -0.4 is 14.2 Å². The molecule has 0 saturated heterocycles. The molecule has 168 valence electrons. The Bertz CT molecular complexity index is 1100. The van der Waals surface area contributed by atoms with E-state index in [1.165, 1.54) is 24.3 Å². The highest BCUT2D eigenvalue weighted by molar-refractivity contribution is 5.52. The molecule has 8 nitrogen and oxygen atoms in total. The zero-order valence-electron chi connectivity index (χ0n) is 17.6. The average molecular weight is 440 g/mol. The minimum absolute atomic E-state index is 0.0938. The van der Waals surface area contributed by atoms with Gasteiger partial charge < -0.3 is 39.4 Å². The van der Waals surface area contributed by atoms with Crippen molar-refractivity contribution < 1.29 is 39.4 Å². The number of hydrogen-bond acceptors (Lipinski definition) is 8. The maximum atomic E-state index is 10.3. The molecule has 0 saturated carbocycles. The Morgan fingerprint density at radius 1 is 0.844 bits per heavy atom. The Kier molecular flexibility index (Phi) is 5.87. The van der Waals surface area contributed by atoms with Crippen molar-refractivity contribution in [1.29, 1.82) is 0 Å². The van der Waals surface area contributed by atoms with Crippen molar-refractivity contribution in [3.05, 3.63) is 65.2 Å². The molecule has 0 bridgehead atoms. The summed E-state index contributed by atoms with van der Waals surface area (Å²) in [5.74, 6) is 0.818. The third kappa shape index (κ3) is 4.31. The number of benzene rings is 3. The quantitative estimate of drug-likeness (QED) is 0.428. The van der Waals surface area contributed by atoms with Gasteiger partial charge in [-0.15, -0.1) is 0 Å². The predicted octanol–water partition coefficient (Wildman–Crippen LogP) is 3.79. The second-order valence-corrected chi connectivity index (χ2v) is 7.50. The van der Waals surface area contributed by atoms with E-state index in [4.69, 9.17) is 18.9 Å². The molecule has 1 aliphatic heterocycles. The number of rotatable bonds is 6. The number of aromatic hydroxyl groups is 4. The van der Waals surface area contributed by atoms with Gasteiger partial charge in [-0.25, -0.2) is 0 Å². The molecular weight excluding hydrogens is 416 g/mol. The third-order valence-electron chi connectivity index (χ3n) is 5.37. The Balaban J connectivity index is 1.66. The van der Waals surface area contributed by atoms with Crippen molar-refractivity contribution in [2.75, 3.05) is 14.2 Å². The standard InChI is InChI=1S/C24H24O8/c1-29-16-5-13(6-17(10-16)30-2)12-31-23-11-18-20(27)8-15(25)9-22(18)32-24(23)14-3-4-19(26)21(28)7-14/h3-10,23-28H,11-12H2,1-2H3/t23-,24+/m0/s1. The van der Waals surface area contributed by atoms with Gasteiger partial charge in [0.05, 0.1) is 20.8 Å². The number of phenols is 4. The van der Waals surface area contributed by atoms with Crippen LogP contribution in [0.4, 0.5) is 0 Å². The van der Waals surface area contributed by atoms with Gasteiger partial charge in [0.2, 0.25) is 0 Å². The van der Waals surface area contributed by atoms with E-state index >= 15 is 0 Å². The summed E-state index contributed by atoms with van der Waals surface area (Å²) in [5, 5.41) is 39.8. The van der Waals surface area contributed by atoms with Crippen molar-refractivity contribution in [3.63, 3.8) is 0 Å². The number of methoxy groups -OCH3 is 2. The average Bonchev–Trinajstić information content (AvgIpc) is 2.78. The number of phenolic OH excluding ortho intramolecular Hbond substituents is 4. The topological polar surface area (TPSA) is 118 Å². The van der Waals surface area contributed by atoms with Crippen LogP contribution in [-0.4, -0.2) is 40.7 Å². The highest BCUT2D eigenvalue weighted by Gasteiger charge is 2.34. The molecule has 3 aromatic carbocycles. The monoisotopic (exact) mass is 440 g/mol. The molecule has 0 aliphatic carbocycles. The van der Waals surface area contributed by atoms with Gasteiger partial charge in [0.1, 0.15) is 34.9 Å². The maximum absolute atomic E-state index is 10.3. The van der Waals surface area contributed by atoms with E-state index in [1.54, 1.807) is 26.4 Å². The Morgan fingerprint density at radius 3 is 2.22 bits per heavy atom. The van der Waals surface area contributed by atoms with E-state index in [0.717, 1.165) is 5.56 Å². The largest absolute Gasteiger partial charge is 0.508 e. The van der Waals surface area contributed by atoms with Crippen molar-refractivity contribution in [2.45, 2.75) is 25.2 Å². The van der Waals surface area contributed by atoms with Gasteiger partial charge in [0.25, 0.3) is 0 Å². The molecular formula is C24H24O8. The zero-order valence-corrected chi connectivity index (χ0v) is 17.6. The first-order valence-corrected chi connectivity index (χ1v) is 9.95. The van der Waals surface area contributed by atoms with Crippen LogP contribution >= 0.6 is 0 Å². The van der Waals surface area contributed by atoms with Crippen LogP contribution in [-0.2, 0) is 17.8 Å². The fourth-order valence-electron chi connectivity index (χ4n) is 3.75. The summed E-state index contributed by atoms with van der Waals surface area (Å²) >= 11 is 0. The molecule has 4 N–H and O–H groups in total. The SMILES string of the molecule is COc1cc(CO[C@H]2Cc3c(O)cc(O)cc3O[C@@H]2c2ccc(O)c(O)c2)cc(OC)c1. The van der Waals surface area contributed by atoms with Crippen LogP contribution in [0.1, 0.15) is 22.8 Å². The van der Waals surface area contributed by atoms with E-state index in [2.05, 4.69) is 0 Å². The minimum atomic E-state index is -0.664. The van der Waals surface area contributed by atoms with Crippen LogP contribution in [0.15, 0.2) is 48.5 Å². The minimum Gasteiger partial charge on any atom is -0.508 e. The summed E-state index contributed by atoms with van der Waals surface area (Å²) in [5.41, 5.74) is 1.89. The van der Waals surface area contributed by atoms with Gasteiger partial charge in [0.15, 0.2) is 17.6 Å². The lowest BCUT2D eigenvalue weighted by atomic mass is 9.93. The first-order valence-electron chi connectivity index (χ1n) is 9.95. The third-order valence-corrected chi connectivity index (χ3v) is 5.37. The maximum Gasteiger partial charge on any atom is 0.157 e. The second-order valence-electron chi connectivity index (χ2n) is 7.50. The summed E-state index contributed by atoms with van der Waals surface area (Å²) < 4.78 is 22.9. The first-order chi connectivity index (χ1) is 15.4. The molecule has 4 rings (SSSR count). The lowest BCUT2D eigenvalue weighted by molar-refractivity contribution is -0.0467. The molecule has 0 unspecified atom stereocenters. The smallest absolute Gasteiger partial charge is 0.157 e. The van der Waals surface area contributed by atoms with Crippen LogP contribution in [0.5, 0.6) is 40.2 Å². The molecule has 0 aromatic heterocycles. The van der Waals surface area contributed by atoms with E-state index < -0.39 is 12.2 Å². The lowest BCUT2D eigenvalue weighted by Gasteiger charge is -2.34. The van der Waals surface area contributed by atoms with E-state index in [1.807, 2.05) is 12.1 Å². The molecule has 0 amide bonds. The summed E-state index contributed by atoms with van der Waals surface area (Å²) in [7, 11) is 3.13. The van der Waals surface area contributed by atoms with E-state index in [9.17, 15) is 20.4 Å². The Hall–Kier alpha value is -3.78. The fourth-order valence-corrected chi connectivity index (χ4v) is 3.75. The molecule has 2 atom stereocenters. The number of ether oxygens (including phenoxy) is 4. The van der Waals surface area contributed by atoms with Crippen molar-refractivity contribution in [2.24, 2.45) is 0 Å². The summed E-state index contributed by atoms with van der Waals surface area (Å²) in [4.78, 5) is 0. The Labute approximate surface area is 184 Å². The lowest BCUT2D eigenvalue weighted by Crippen LogP contribution is -2.33. The molecule has 32 heavy (non-hydrogen) atoms. The predicted molar refractivity (Wildman–Crippen MR) is 115 cm³/mol. The van der Waals surface area contributed by atoms with Crippen LogP contribution in [0.2, 0.25) is 0 Å². The van der Waals surface area contributed by atoms with Gasteiger partial charge in [0, 0.05) is 30.2 Å². The van der Waals surface area contributed by atoms with Crippen LogP contribution in [0, 0.1) is 0 Å². The zero-order chi connectivity index (χ0) is 22.8. The van der Waals surface area contributed by atoms with Crippen molar-refractivity contribution in [3.8, 4) is 40.2 Å². The highest BCUT2D eigenvalue weighted by atomic mass is 16.5. The first kappa shape index (κ1) is 21.5. The van der Waals surface area contributed by atoms with E-state index in [-0.39, 0.29) is 29.6 Å². The molecule has 8 heteroatoms. The van der Waals surface area contributed by atoms with Crippen LogP contribution in [0.25, 0.3) is 0 Å². The van der Waals surface area contributed by atoms with Gasteiger partial charge in [-0.1, -0.05) is 6.07 Å². The van der Waals surface area contributed by atoms with Crippen molar-refractivity contribution in [1.82, 2.24) is 0 Å². The normalized spacial score (nSPS) is 17.3. The molecule has 0 spiro atoms. The van der Waals surface area contributed by atoms with E-state index in [0.29, 0.717) is 34.8 Å². The van der Waals surface area contributed by atoms with Crippen molar-refractivity contribution >= 4 is 0 Å². The Morgan fingerprint density at radius 2 is 1.56 bits per heavy atom. The van der Waals surface area contributed by atoms with Gasteiger partial charge >= 0.3 is 0 Å². The van der Waals surface area contributed by atoms with Gasteiger partial charge in [-0.05, 0) is 35.4 Å². The summed E-state index contributed by atoms with van der Waals surface area (Å²) in [6.07, 6.45) is -0.906. The van der Waals surface area contributed by atoms with Gasteiger partial charge in [-0.2, -0.15) is 0 Å². The molecule has 1 heterocycles. The number of hydrogen-bond donors (Lipinski definition) is 4. The van der Waals surface area contributed by atoms with Crippen LogP contribution in [0.3, 0.4) is 0 Å². The summed E-state index contributed by atoms with van der Waals surface area (Å²) in [6, 6.07) is 12.5. The number of fused-ring (bicyclic) bond motifs is 1. The highest BCUT2D eigenvalue weighted by Crippen LogP contribution is 2.44. The molecule has 0 fully saturated rings. The molecule has 1 aliphatic rings. The fraction of sp³-hybridized carbons (Fsp3) is 0.250. The second kappa shape index (κ2) is 8.76. The molecule has 0 radical (unpaired) electrons. The van der Waals surface area contributed by atoms with Gasteiger partial charge in [-0.3, -0.25) is 0 Å².